The van der Waals surface area contributed by atoms with Crippen LogP contribution in [0.4, 0.5) is 0 Å². The SMILES string of the molecule is C1=C(c2ccc(-c3ccc(C4=CN=C([C@@H]5CCC[NH2+]5)[NH2+]4)cc3)cc2)[NH2+]C([C@@H]2CCC[NH2+]2)=N1.[Cl-].[Cl-].[Cl-].[Cl-]. The van der Waals surface area contributed by atoms with Crippen LogP contribution in [0.2, 0.25) is 0 Å². The Hall–Kier alpha value is -1.74. The van der Waals surface area contributed by atoms with E-state index in [1.165, 1.54) is 84.1 Å². The molecule has 2 aromatic carbocycles. The molecule has 0 aliphatic carbocycles. The second kappa shape index (κ2) is 13.7. The van der Waals surface area contributed by atoms with Crippen LogP contribution in [-0.2, 0) is 0 Å². The molecule has 4 aliphatic rings. The molecule has 6 rings (SSSR count). The number of hydrogen-bond donors (Lipinski definition) is 4. The summed E-state index contributed by atoms with van der Waals surface area (Å²) < 4.78 is 0. The number of rotatable bonds is 5. The van der Waals surface area contributed by atoms with E-state index in [0.717, 1.165) is 0 Å². The normalized spacial score (nSPS) is 22.2. The number of nitrogens with two attached hydrogens (primary N) is 4. The molecule has 4 aliphatic heterocycles. The van der Waals surface area contributed by atoms with Gasteiger partial charge in [0, 0.05) is 36.8 Å². The summed E-state index contributed by atoms with van der Waals surface area (Å²) in [4.78, 5) is 9.36. The molecule has 194 valence electrons. The highest BCUT2D eigenvalue weighted by atomic mass is 35.5. The van der Waals surface area contributed by atoms with E-state index in [1.54, 1.807) is 0 Å². The van der Waals surface area contributed by atoms with Crippen molar-refractivity contribution >= 4 is 23.1 Å². The molecule has 0 bridgehead atoms. The van der Waals surface area contributed by atoms with Crippen LogP contribution in [0, 0.1) is 0 Å². The summed E-state index contributed by atoms with van der Waals surface area (Å²) >= 11 is 0. The predicted molar refractivity (Wildman–Crippen MR) is 126 cm³/mol. The third-order valence-corrected chi connectivity index (χ3v) is 7.18. The molecule has 0 saturated carbocycles. The number of nitrogens with zero attached hydrogens (tertiary/aromatic N) is 2. The Morgan fingerprint density at radius 2 is 0.889 bits per heavy atom. The minimum absolute atomic E-state index is 0. The third-order valence-electron chi connectivity index (χ3n) is 7.18. The summed E-state index contributed by atoms with van der Waals surface area (Å²) in [5.41, 5.74) is 7.40. The lowest BCUT2D eigenvalue weighted by Gasteiger charge is -2.08. The van der Waals surface area contributed by atoms with Crippen molar-refractivity contribution in [3.05, 3.63) is 72.1 Å². The Balaban J connectivity index is 0.00000114. The molecule has 10 heteroatoms. The second-order valence-electron chi connectivity index (χ2n) is 9.27. The summed E-state index contributed by atoms with van der Waals surface area (Å²) in [5.74, 6) is 2.46. The van der Waals surface area contributed by atoms with Gasteiger partial charge in [-0.2, -0.15) is 9.98 Å². The van der Waals surface area contributed by atoms with Crippen molar-refractivity contribution in [3.63, 3.8) is 0 Å². The average molecular weight is 570 g/mol. The summed E-state index contributed by atoms with van der Waals surface area (Å²) in [6.45, 7) is 2.45. The van der Waals surface area contributed by atoms with Crippen LogP contribution in [0.1, 0.15) is 36.8 Å². The molecular formula is C26H32Cl4N6. The fourth-order valence-corrected chi connectivity index (χ4v) is 5.27. The lowest BCUT2D eigenvalue weighted by Crippen LogP contribution is -3.00. The predicted octanol–water partition coefficient (Wildman–Crippen LogP) is -12.6. The van der Waals surface area contributed by atoms with Gasteiger partial charge in [0.2, 0.25) is 0 Å². The fourth-order valence-electron chi connectivity index (χ4n) is 5.27. The van der Waals surface area contributed by atoms with Gasteiger partial charge in [-0.1, -0.05) is 24.3 Å². The van der Waals surface area contributed by atoms with Gasteiger partial charge in [-0.15, -0.1) is 0 Å². The largest absolute Gasteiger partial charge is 1.00 e. The Morgan fingerprint density at radius 1 is 0.528 bits per heavy atom. The van der Waals surface area contributed by atoms with Gasteiger partial charge in [0.1, 0.15) is 0 Å². The third kappa shape index (κ3) is 6.39. The number of amidine groups is 2. The van der Waals surface area contributed by atoms with E-state index in [2.05, 4.69) is 79.8 Å². The zero-order chi connectivity index (χ0) is 21.3. The molecule has 2 atom stereocenters. The Kier molecular flexibility index (Phi) is 11.6. The van der Waals surface area contributed by atoms with E-state index in [1.807, 2.05) is 12.4 Å². The van der Waals surface area contributed by atoms with Crippen molar-refractivity contribution in [1.82, 2.24) is 0 Å². The molecule has 36 heavy (non-hydrogen) atoms. The van der Waals surface area contributed by atoms with E-state index in [4.69, 9.17) is 0 Å². The Labute approximate surface area is 237 Å². The molecule has 2 saturated heterocycles. The van der Waals surface area contributed by atoms with Crippen LogP contribution in [0.25, 0.3) is 22.5 Å². The highest BCUT2D eigenvalue weighted by Crippen LogP contribution is 2.23. The second-order valence-corrected chi connectivity index (χ2v) is 9.27. The zero-order valence-corrected chi connectivity index (χ0v) is 22.9. The van der Waals surface area contributed by atoms with Crippen molar-refractivity contribution < 1.29 is 70.9 Å². The Morgan fingerprint density at radius 3 is 1.22 bits per heavy atom. The minimum atomic E-state index is 0. The summed E-state index contributed by atoms with van der Waals surface area (Å²) in [7, 11) is 0. The topological polar surface area (TPSA) is 91.2 Å². The standard InChI is InChI=1S/C26H28N6.4ClH/c1-3-21(27-13-1)25-29-15-23(31-25)19-9-5-17(6-10-19)18-7-11-20(12-8-18)24-16-30-26(32-24)22-4-2-14-28-22;;;;/h5-12,15-16,21-22,27-28H,1-4,13-14H2,(H,29,31)(H,30,32);4*1H/t21-,22-;;;;/m0..../s1. The van der Waals surface area contributed by atoms with Gasteiger partial charge in [-0.25, -0.2) is 0 Å². The number of halogens is 4. The van der Waals surface area contributed by atoms with Crippen LogP contribution in [0.5, 0.6) is 0 Å². The van der Waals surface area contributed by atoms with Crippen LogP contribution < -0.4 is 70.9 Å². The maximum atomic E-state index is 4.68. The van der Waals surface area contributed by atoms with Crippen molar-refractivity contribution in [2.24, 2.45) is 9.98 Å². The van der Waals surface area contributed by atoms with Crippen molar-refractivity contribution in [2.75, 3.05) is 13.1 Å². The van der Waals surface area contributed by atoms with Crippen molar-refractivity contribution in [3.8, 4) is 11.1 Å². The van der Waals surface area contributed by atoms with Gasteiger partial charge in [0.05, 0.1) is 25.5 Å². The lowest BCUT2D eigenvalue weighted by molar-refractivity contribution is -0.665. The first kappa shape index (κ1) is 30.5. The van der Waals surface area contributed by atoms with E-state index >= 15 is 0 Å². The van der Waals surface area contributed by atoms with Crippen molar-refractivity contribution in [1.29, 1.82) is 0 Å². The first-order valence-electron chi connectivity index (χ1n) is 12.0. The smallest absolute Gasteiger partial charge is 0.264 e. The van der Waals surface area contributed by atoms with Gasteiger partial charge in [0.25, 0.3) is 11.7 Å². The molecule has 2 fully saturated rings. The summed E-state index contributed by atoms with van der Waals surface area (Å²) in [5, 5.41) is 9.36. The van der Waals surface area contributed by atoms with E-state index < -0.39 is 0 Å². The molecule has 6 nitrogen and oxygen atoms in total. The Bertz CT molecular complexity index is 1040. The highest BCUT2D eigenvalue weighted by Gasteiger charge is 2.32. The van der Waals surface area contributed by atoms with E-state index in [0.29, 0.717) is 12.1 Å². The maximum Gasteiger partial charge on any atom is 0.264 e. The average Bonchev–Trinajstić information content (AvgIpc) is 3.66. The molecule has 0 radical (unpaired) electrons. The minimum Gasteiger partial charge on any atom is -1.00 e. The van der Waals surface area contributed by atoms with Gasteiger partial charge in [-0.05, 0) is 35.4 Å². The van der Waals surface area contributed by atoms with Gasteiger partial charge in [-0.3, -0.25) is 10.6 Å². The molecular weight excluding hydrogens is 538 g/mol. The fraction of sp³-hybridized carbons (Fsp3) is 0.308. The lowest BCUT2D eigenvalue weighted by atomic mass is 10.0. The molecule has 0 amide bonds. The quantitative estimate of drug-likeness (QED) is 0.275. The van der Waals surface area contributed by atoms with E-state index in [-0.39, 0.29) is 49.6 Å². The molecule has 0 unspecified atom stereocenters. The summed E-state index contributed by atoms with van der Waals surface area (Å²) in [6.07, 6.45) is 9.12. The van der Waals surface area contributed by atoms with E-state index in [9.17, 15) is 0 Å². The summed E-state index contributed by atoms with van der Waals surface area (Å²) in [6, 6.07) is 18.8. The maximum absolute atomic E-state index is 4.68. The van der Waals surface area contributed by atoms with Crippen molar-refractivity contribution in [2.45, 2.75) is 37.8 Å². The van der Waals surface area contributed by atoms with Gasteiger partial charge < -0.3 is 60.3 Å². The first-order chi connectivity index (χ1) is 15.8. The molecule has 8 N–H and O–H groups in total. The first-order valence-corrected chi connectivity index (χ1v) is 12.0. The van der Waals surface area contributed by atoms with Crippen LogP contribution in [0.3, 0.4) is 0 Å². The molecule has 0 spiro atoms. The van der Waals surface area contributed by atoms with Crippen LogP contribution in [0.15, 0.2) is 70.9 Å². The number of quaternary nitrogens is 4. The van der Waals surface area contributed by atoms with Gasteiger partial charge >= 0.3 is 0 Å². The highest BCUT2D eigenvalue weighted by molar-refractivity contribution is 5.86. The molecule has 4 heterocycles. The number of benzene rings is 2. The van der Waals surface area contributed by atoms with Gasteiger partial charge in [0.15, 0.2) is 23.5 Å². The zero-order valence-electron chi connectivity index (χ0n) is 19.9. The number of aliphatic imine (C=N–C) groups is 2. The van der Waals surface area contributed by atoms with Crippen LogP contribution >= 0.6 is 0 Å². The number of hydrogen-bond acceptors (Lipinski definition) is 2. The molecule has 2 aromatic rings. The molecule has 0 aromatic heterocycles. The monoisotopic (exact) mass is 568 g/mol. The van der Waals surface area contributed by atoms with Crippen LogP contribution in [-0.4, -0.2) is 36.8 Å².